The number of amides is 1. The minimum Gasteiger partial charge on any atom is -0.381 e. The van der Waals surface area contributed by atoms with Gasteiger partial charge in [-0.3, -0.25) is 9.69 Å². The Morgan fingerprint density at radius 2 is 1.86 bits per heavy atom. The van der Waals surface area contributed by atoms with Crippen LogP contribution in [0.4, 0.5) is 0 Å². The Labute approximate surface area is 133 Å². The van der Waals surface area contributed by atoms with Gasteiger partial charge in [0.25, 0.3) is 0 Å². The SMILES string of the molecule is CN1CCCN(C2CCCC2NC(=O)C2[C@H]3COC[C@@H]23)CC1. The number of nitrogens with one attached hydrogen (secondary N) is 1. The Hall–Kier alpha value is -0.650. The third kappa shape index (κ3) is 2.79. The molecule has 2 saturated heterocycles. The normalized spacial score (nSPS) is 42.9. The Morgan fingerprint density at radius 3 is 2.68 bits per heavy atom. The van der Waals surface area contributed by atoms with Crippen LogP contribution in [0, 0.1) is 17.8 Å². The molecular weight excluding hydrogens is 278 g/mol. The molecule has 0 aromatic rings. The van der Waals surface area contributed by atoms with Gasteiger partial charge in [-0.05, 0) is 57.7 Å². The molecule has 0 radical (unpaired) electrons. The summed E-state index contributed by atoms with van der Waals surface area (Å²) in [6, 6.07) is 0.934. The number of fused-ring (bicyclic) bond motifs is 1. The van der Waals surface area contributed by atoms with Crippen LogP contribution in [-0.2, 0) is 9.53 Å². The average molecular weight is 307 g/mol. The Morgan fingerprint density at radius 1 is 1.05 bits per heavy atom. The molecule has 2 saturated carbocycles. The van der Waals surface area contributed by atoms with E-state index in [0.29, 0.717) is 29.8 Å². The maximum Gasteiger partial charge on any atom is 0.224 e. The second kappa shape index (κ2) is 6.10. The zero-order valence-electron chi connectivity index (χ0n) is 13.7. The van der Waals surface area contributed by atoms with E-state index in [0.717, 1.165) is 32.7 Å². The maximum absolute atomic E-state index is 12.5. The standard InChI is InChI=1S/C17H29N3O2/c1-19-6-3-7-20(9-8-19)15-5-2-4-14(15)18-17(21)16-12-10-22-11-13(12)16/h12-16H,2-11H2,1H3,(H,18,21)/t12-,13+,14?,15?,16?. The van der Waals surface area contributed by atoms with Crippen LogP contribution >= 0.6 is 0 Å². The molecule has 1 amide bonds. The lowest BCUT2D eigenvalue weighted by atomic mass is 10.1. The second-order valence-corrected chi connectivity index (χ2v) is 7.70. The molecular formula is C17H29N3O2. The van der Waals surface area contributed by atoms with Crippen molar-refractivity contribution in [2.45, 2.75) is 37.8 Å². The van der Waals surface area contributed by atoms with Crippen LogP contribution in [-0.4, -0.2) is 74.2 Å². The highest BCUT2D eigenvalue weighted by molar-refractivity contribution is 5.82. The molecule has 2 aliphatic heterocycles. The topological polar surface area (TPSA) is 44.8 Å². The van der Waals surface area contributed by atoms with Crippen molar-refractivity contribution in [2.75, 3.05) is 46.4 Å². The van der Waals surface area contributed by atoms with Gasteiger partial charge in [-0.15, -0.1) is 0 Å². The highest BCUT2D eigenvalue weighted by atomic mass is 16.5. The molecule has 0 spiro atoms. The van der Waals surface area contributed by atoms with Crippen LogP contribution in [0.5, 0.6) is 0 Å². The summed E-state index contributed by atoms with van der Waals surface area (Å²) in [5.41, 5.74) is 0. The number of nitrogens with zero attached hydrogens (tertiary/aromatic N) is 2. The van der Waals surface area contributed by atoms with E-state index >= 15 is 0 Å². The zero-order valence-corrected chi connectivity index (χ0v) is 13.7. The van der Waals surface area contributed by atoms with Gasteiger partial charge in [0.05, 0.1) is 13.2 Å². The quantitative estimate of drug-likeness (QED) is 0.827. The monoisotopic (exact) mass is 307 g/mol. The maximum atomic E-state index is 12.5. The van der Waals surface area contributed by atoms with Crippen molar-refractivity contribution in [1.29, 1.82) is 0 Å². The molecule has 1 N–H and O–H groups in total. The first-order chi connectivity index (χ1) is 10.7. The smallest absolute Gasteiger partial charge is 0.224 e. The molecule has 5 atom stereocenters. The van der Waals surface area contributed by atoms with E-state index in [1.54, 1.807) is 0 Å². The molecule has 0 aromatic heterocycles. The molecule has 0 aromatic carbocycles. The summed E-state index contributed by atoms with van der Waals surface area (Å²) in [7, 11) is 2.21. The van der Waals surface area contributed by atoms with Crippen molar-refractivity contribution in [3.8, 4) is 0 Å². The van der Waals surface area contributed by atoms with E-state index < -0.39 is 0 Å². The third-order valence-corrected chi connectivity index (χ3v) is 6.29. The molecule has 4 aliphatic rings. The van der Waals surface area contributed by atoms with Gasteiger partial charge in [0.1, 0.15) is 0 Å². The van der Waals surface area contributed by atoms with E-state index in [4.69, 9.17) is 4.74 Å². The predicted octanol–water partition coefficient (Wildman–Crippen LogP) is 0.554. The van der Waals surface area contributed by atoms with Crippen molar-refractivity contribution >= 4 is 5.91 Å². The average Bonchev–Trinajstić information content (AvgIpc) is 2.81. The van der Waals surface area contributed by atoms with Crippen molar-refractivity contribution < 1.29 is 9.53 Å². The van der Waals surface area contributed by atoms with Gasteiger partial charge in [0.15, 0.2) is 0 Å². The summed E-state index contributed by atoms with van der Waals surface area (Å²) in [4.78, 5) is 17.6. The first-order valence-electron chi connectivity index (χ1n) is 9.05. The molecule has 124 valence electrons. The van der Waals surface area contributed by atoms with Crippen molar-refractivity contribution in [3.05, 3.63) is 0 Å². The fourth-order valence-electron chi connectivity index (χ4n) is 4.85. The molecule has 0 bridgehead atoms. The van der Waals surface area contributed by atoms with E-state index in [1.807, 2.05) is 0 Å². The predicted molar refractivity (Wildman–Crippen MR) is 84.5 cm³/mol. The van der Waals surface area contributed by atoms with Crippen LogP contribution in [0.15, 0.2) is 0 Å². The molecule has 2 heterocycles. The van der Waals surface area contributed by atoms with Gasteiger partial charge in [0.2, 0.25) is 5.91 Å². The van der Waals surface area contributed by atoms with Crippen molar-refractivity contribution in [1.82, 2.24) is 15.1 Å². The van der Waals surface area contributed by atoms with Crippen LogP contribution in [0.3, 0.4) is 0 Å². The Bertz CT molecular complexity index is 420. The van der Waals surface area contributed by atoms with Gasteiger partial charge in [0, 0.05) is 31.1 Å². The number of hydrogen-bond acceptors (Lipinski definition) is 4. The van der Waals surface area contributed by atoms with E-state index in [2.05, 4.69) is 22.2 Å². The Balaban J connectivity index is 1.33. The Kier molecular flexibility index (Phi) is 4.13. The van der Waals surface area contributed by atoms with E-state index in [-0.39, 0.29) is 5.92 Å². The summed E-state index contributed by atoms with van der Waals surface area (Å²) in [5.74, 6) is 1.60. The first-order valence-corrected chi connectivity index (χ1v) is 9.05. The molecule has 2 aliphatic carbocycles. The minimum atomic E-state index is 0.255. The lowest BCUT2D eigenvalue weighted by molar-refractivity contribution is -0.124. The third-order valence-electron chi connectivity index (χ3n) is 6.29. The zero-order chi connectivity index (χ0) is 15.1. The van der Waals surface area contributed by atoms with Gasteiger partial charge in [-0.2, -0.15) is 0 Å². The first kappa shape index (κ1) is 14.9. The number of hydrogen-bond donors (Lipinski definition) is 1. The lowest BCUT2D eigenvalue weighted by Crippen LogP contribution is -2.50. The van der Waals surface area contributed by atoms with Crippen LogP contribution in [0.25, 0.3) is 0 Å². The van der Waals surface area contributed by atoms with Crippen LogP contribution < -0.4 is 5.32 Å². The largest absolute Gasteiger partial charge is 0.381 e. The number of rotatable bonds is 3. The molecule has 5 heteroatoms. The molecule has 4 fully saturated rings. The molecule has 5 nitrogen and oxygen atoms in total. The van der Waals surface area contributed by atoms with Crippen LogP contribution in [0.1, 0.15) is 25.7 Å². The minimum absolute atomic E-state index is 0.255. The molecule has 3 unspecified atom stereocenters. The van der Waals surface area contributed by atoms with E-state index in [9.17, 15) is 4.79 Å². The lowest BCUT2D eigenvalue weighted by Gasteiger charge is -2.32. The number of ether oxygens (including phenoxy) is 1. The molecule has 22 heavy (non-hydrogen) atoms. The van der Waals surface area contributed by atoms with E-state index in [1.165, 1.54) is 32.4 Å². The molecule has 4 rings (SSSR count). The number of likely N-dealkylation sites (N-methyl/N-ethyl adjacent to an activating group) is 1. The van der Waals surface area contributed by atoms with Crippen molar-refractivity contribution in [3.63, 3.8) is 0 Å². The van der Waals surface area contributed by atoms with Gasteiger partial charge >= 0.3 is 0 Å². The summed E-state index contributed by atoms with van der Waals surface area (Å²) < 4.78 is 5.40. The number of carbonyl (C=O) groups excluding carboxylic acids is 1. The summed E-state index contributed by atoms with van der Waals surface area (Å²) in [5, 5.41) is 3.40. The fourth-order valence-corrected chi connectivity index (χ4v) is 4.85. The van der Waals surface area contributed by atoms with Gasteiger partial charge < -0.3 is 15.0 Å². The van der Waals surface area contributed by atoms with Gasteiger partial charge in [-0.1, -0.05) is 0 Å². The highest BCUT2D eigenvalue weighted by Gasteiger charge is 2.58. The van der Waals surface area contributed by atoms with Crippen LogP contribution in [0.2, 0.25) is 0 Å². The highest BCUT2D eigenvalue weighted by Crippen LogP contribution is 2.50. The van der Waals surface area contributed by atoms with Gasteiger partial charge in [-0.25, -0.2) is 0 Å². The summed E-state index contributed by atoms with van der Waals surface area (Å²) in [6.45, 7) is 6.29. The van der Waals surface area contributed by atoms with Crippen molar-refractivity contribution in [2.24, 2.45) is 17.8 Å². The summed E-state index contributed by atoms with van der Waals surface area (Å²) >= 11 is 0. The number of carbonyl (C=O) groups is 1. The summed E-state index contributed by atoms with van der Waals surface area (Å²) in [6.07, 6.45) is 4.90. The second-order valence-electron chi connectivity index (χ2n) is 7.70. The fraction of sp³-hybridized carbons (Fsp3) is 0.941.